The highest BCUT2D eigenvalue weighted by Gasteiger charge is 2.55. The summed E-state index contributed by atoms with van der Waals surface area (Å²) in [5.74, 6) is -0.393. The number of carbonyl (C=O) groups is 1. The van der Waals surface area contributed by atoms with Crippen molar-refractivity contribution in [2.75, 3.05) is 33.9 Å². The third kappa shape index (κ3) is 3.46. The van der Waals surface area contributed by atoms with Crippen molar-refractivity contribution < 1.29 is 19.0 Å². The number of benzene rings is 1. The molecule has 0 saturated carbocycles. The van der Waals surface area contributed by atoms with Gasteiger partial charge in [0.2, 0.25) is 0 Å². The molecule has 0 saturated heterocycles. The van der Waals surface area contributed by atoms with Crippen molar-refractivity contribution in [1.82, 2.24) is 4.90 Å². The molecule has 1 aliphatic carbocycles. The SMILES string of the molecule is CCOC(=O)N1CC=C2C(C#N)=C(N)C(C#N)(C#N)[C@H](c3cc(OC)cc(OC)c3)[C@H]2C1. The topological polar surface area (TPSA) is 145 Å². The van der Waals surface area contributed by atoms with Crippen LogP contribution in [0.4, 0.5) is 4.79 Å². The molecule has 32 heavy (non-hydrogen) atoms. The van der Waals surface area contributed by atoms with E-state index in [4.69, 9.17) is 19.9 Å². The molecule has 9 nitrogen and oxygen atoms in total. The van der Waals surface area contributed by atoms with Crippen molar-refractivity contribution in [3.63, 3.8) is 0 Å². The Balaban J connectivity index is 2.29. The van der Waals surface area contributed by atoms with Crippen molar-refractivity contribution in [2.24, 2.45) is 17.1 Å². The molecule has 0 radical (unpaired) electrons. The Kier molecular flexibility index (Phi) is 6.27. The first-order chi connectivity index (χ1) is 15.4. The van der Waals surface area contributed by atoms with Gasteiger partial charge in [0.25, 0.3) is 0 Å². The third-order valence-corrected chi connectivity index (χ3v) is 5.92. The fourth-order valence-corrected chi connectivity index (χ4v) is 4.43. The summed E-state index contributed by atoms with van der Waals surface area (Å²) >= 11 is 0. The highest BCUT2D eigenvalue weighted by atomic mass is 16.6. The molecule has 2 aliphatic rings. The number of carbonyl (C=O) groups excluding carboxylic acids is 1. The summed E-state index contributed by atoms with van der Waals surface area (Å²) in [5.41, 5.74) is 5.68. The Hall–Kier alpha value is -4.16. The highest BCUT2D eigenvalue weighted by molar-refractivity contribution is 5.69. The van der Waals surface area contributed by atoms with Crippen LogP contribution in [0.1, 0.15) is 18.4 Å². The minimum Gasteiger partial charge on any atom is -0.497 e. The normalized spacial score (nSPS) is 21.2. The lowest BCUT2D eigenvalue weighted by Gasteiger charge is -2.45. The Morgan fingerprint density at radius 2 is 1.81 bits per heavy atom. The standard InChI is InChI=1S/C23H23N5O4/c1-4-32-22(29)28-6-5-17-18(10-24)21(27)23(12-25,13-26)20(19(17)11-28)14-7-15(30-2)9-16(8-14)31-3/h5,7-9,19-20H,4,6,11,27H2,1-3H3/t19-,20+/m0/s1. The van der Waals surface area contributed by atoms with Crippen molar-refractivity contribution in [1.29, 1.82) is 15.8 Å². The van der Waals surface area contributed by atoms with Crippen molar-refractivity contribution >= 4 is 6.09 Å². The van der Waals surface area contributed by atoms with Crippen molar-refractivity contribution in [3.8, 4) is 29.7 Å². The number of methoxy groups -OCH3 is 2. The zero-order valence-corrected chi connectivity index (χ0v) is 18.1. The van der Waals surface area contributed by atoms with Gasteiger partial charge in [-0.15, -0.1) is 0 Å². The summed E-state index contributed by atoms with van der Waals surface area (Å²) < 4.78 is 15.9. The fourth-order valence-electron chi connectivity index (χ4n) is 4.43. The molecule has 1 aromatic carbocycles. The van der Waals surface area contributed by atoms with Crippen LogP contribution in [-0.2, 0) is 4.74 Å². The number of nitriles is 3. The van der Waals surface area contributed by atoms with Crippen LogP contribution in [0.3, 0.4) is 0 Å². The van der Waals surface area contributed by atoms with Crippen LogP contribution in [0.25, 0.3) is 0 Å². The summed E-state index contributed by atoms with van der Waals surface area (Å²) in [5, 5.41) is 30.2. The molecular weight excluding hydrogens is 410 g/mol. The van der Waals surface area contributed by atoms with Crippen LogP contribution in [-0.4, -0.2) is 44.9 Å². The smallest absolute Gasteiger partial charge is 0.410 e. The van der Waals surface area contributed by atoms with E-state index in [0.717, 1.165) is 0 Å². The van der Waals surface area contributed by atoms with Crippen molar-refractivity contribution in [2.45, 2.75) is 12.8 Å². The van der Waals surface area contributed by atoms with Gasteiger partial charge in [0.05, 0.1) is 44.2 Å². The van der Waals surface area contributed by atoms with E-state index < -0.39 is 23.3 Å². The van der Waals surface area contributed by atoms with Crippen molar-refractivity contribution in [3.05, 3.63) is 46.7 Å². The number of fused-ring (bicyclic) bond motifs is 1. The molecule has 0 aromatic heterocycles. The van der Waals surface area contributed by atoms with Gasteiger partial charge in [-0.1, -0.05) is 6.08 Å². The predicted molar refractivity (Wildman–Crippen MR) is 113 cm³/mol. The predicted octanol–water partition coefficient (Wildman–Crippen LogP) is 2.59. The van der Waals surface area contributed by atoms with Crippen LogP contribution in [0.2, 0.25) is 0 Å². The van der Waals surface area contributed by atoms with E-state index in [9.17, 15) is 20.6 Å². The maximum absolute atomic E-state index is 12.4. The average molecular weight is 433 g/mol. The van der Waals surface area contributed by atoms with Crippen LogP contribution < -0.4 is 15.2 Å². The molecule has 2 atom stereocenters. The van der Waals surface area contributed by atoms with Gasteiger partial charge in [-0.2, -0.15) is 15.8 Å². The highest BCUT2D eigenvalue weighted by Crippen LogP contribution is 2.54. The third-order valence-electron chi connectivity index (χ3n) is 5.92. The maximum atomic E-state index is 12.4. The van der Waals surface area contributed by atoms with Crippen LogP contribution in [0.15, 0.2) is 41.1 Å². The number of nitrogens with zero attached hydrogens (tertiary/aromatic N) is 4. The molecule has 0 bridgehead atoms. The van der Waals surface area contributed by atoms with E-state index in [1.165, 1.54) is 19.1 Å². The van der Waals surface area contributed by atoms with Gasteiger partial charge in [-0.05, 0) is 30.2 Å². The van der Waals surface area contributed by atoms with E-state index in [1.807, 2.05) is 0 Å². The molecule has 1 aromatic rings. The summed E-state index contributed by atoms with van der Waals surface area (Å²) in [7, 11) is 3.00. The van der Waals surface area contributed by atoms with Gasteiger partial charge < -0.3 is 24.8 Å². The summed E-state index contributed by atoms with van der Waals surface area (Å²) in [6.07, 6.45) is 1.23. The molecule has 1 aliphatic heterocycles. The number of amides is 1. The first-order valence-electron chi connectivity index (χ1n) is 9.98. The van der Waals surface area contributed by atoms with E-state index in [2.05, 4.69) is 18.2 Å². The molecule has 2 N–H and O–H groups in total. The summed E-state index contributed by atoms with van der Waals surface area (Å²) in [4.78, 5) is 13.9. The Morgan fingerprint density at radius 1 is 1.19 bits per heavy atom. The number of hydrogen-bond acceptors (Lipinski definition) is 8. The molecule has 0 unspecified atom stereocenters. The number of ether oxygens (including phenoxy) is 3. The van der Waals surface area contributed by atoms with E-state index >= 15 is 0 Å². The second-order valence-electron chi connectivity index (χ2n) is 7.43. The second kappa shape index (κ2) is 8.91. The van der Waals surface area contributed by atoms with E-state index in [1.54, 1.807) is 31.2 Å². The van der Waals surface area contributed by atoms with Gasteiger partial charge in [-0.25, -0.2) is 4.79 Å². The minimum atomic E-state index is -1.83. The minimum absolute atomic E-state index is 0.0936. The number of allylic oxidation sites excluding steroid dienone is 2. The van der Waals surface area contributed by atoms with Crippen LogP contribution in [0.5, 0.6) is 11.5 Å². The molecule has 164 valence electrons. The van der Waals surface area contributed by atoms with Gasteiger partial charge in [0.15, 0.2) is 5.41 Å². The maximum Gasteiger partial charge on any atom is 0.410 e. The van der Waals surface area contributed by atoms with Crippen LogP contribution >= 0.6 is 0 Å². The molecule has 0 spiro atoms. The van der Waals surface area contributed by atoms with Crippen LogP contribution in [0, 0.1) is 45.3 Å². The zero-order chi connectivity index (χ0) is 23.5. The molecule has 9 heteroatoms. The van der Waals surface area contributed by atoms with E-state index in [0.29, 0.717) is 22.6 Å². The van der Waals surface area contributed by atoms with Gasteiger partial charge in [-0.3, -0.25) is 0 Å². The van der Waals surface area contributed by atoms with Gasteiger partial charge in [0, 0.05) is 31.0 Å². The molecular formula is C23H23N5O4. The molecule has 1 heterocycles. The monoisotopic (exact) mass is 433 g/mol. The first kappa shape index (κ1) is 22.5. The Bertz CT molecular complexity index is 1080. The lowest BCUT2D eigenvalue weighted by Crippen LogP contribution is -2.49. The van der Waals surface area contributed by atoms with Gasteiger partial charge in [0.1, 0.15) is 17.6 Å². The van der Waals surface area contributed by atoms with Gasteiger partial charge >= 0.3 is 6.09 Å². The quantitative estimate of drug-likeness (QED) is 0.762. The average Bonchev–Trinajstić information content (AvgIpc) is 2.82. The van der Waals surface area contributed by atoms with E-state index in [-0.39, 0.29) is 31.0 Å². The summed E-state index contributed by atoms with van der Waals surface area (Å²) in [6, 6.07) is 11.3. The summed E-state index contributed by atoms with van der Waals surface area (Å²) in [6.45, 7) is 2.30. The Morgan fingerprint density at radius 3 is 2.31 bits per heavy atom. The Labute approximate surface area is 186 Å². The second-order valence-corrected chi connectivity index (χ2v) is 7.43. The lowest BCUT2D eigenvalue weighted by atomic mass is 9.58. The fraction of sp³-hybridized carbons (Fsp3) is 0.391. The largest absolute Gasteiger partial charge is 0.497 e. The zero-order valence-electron chi connectivity index (χ0n) is 18.1. The number of nitrogens with two attached hydrogens (primary N) is 1. The molecule has 3 rings (SSSR count). The number of hydrogen-bond donors (Lipinski definition) is 1. The molecule has 0 fully saturated rings. The number of rotatable bonds is 4. The lowest BCUT2D eigenvalue weighted by molar-refractivity contribution is 0.0999. The first-order valence-corrected chi connectivity index (χ1v) is 9.98. The molecule has 1 amide bonds.